The van der Waals surface area contributed by atoms with E-state index in [9.17, 15) is 0 Å². The summed E-state index contributed by atoms with van der Waals surface area (Å²) in [4.78, 5) is 4.03. The van der Waals surface area contributed by atoms with Gasteiger partial charge in [0.1, 0.15) is 0 Å². The van der Waals surface area contributed by atoms with E-state index < -0.39 is 0 Å². The van der Waals surface area contributed by atoms with E-state index in [0.717, 1.165) is 11.3 Å². The van der Waals surface area contributed by atoms with Gasteiger partial charge in [-0.05, 0) is 18.6 Å². The van der Waals surface area contributed by atoms with Crippen LogP contribution in [0.15, 0.2) is 12.3 Å². The first-order valence-corrected chi connectivity index (χ1v) is 3.82. The van der Waals surface area contributed by atoms with Crippen LogP contribution in [0.1, 0.15) is 11.3 Å². The van der Waals surface area contributed by atoms with Crippen molar-refractivity contribution in [2.45, 2.75) is 12.8 Å². The summed E-state index contributed by atoms with van der Waals surface area (Å²) in [7, 11) is 0. The maximum atomic E-state index is 5.78. The van der Waals surface area contributed by atoms with E-state index in [4.69, 9.17) is 23.2 Å². The molecule has 1 nitrogen and oxygen atoms in total. The number of hydrogen-bond acceptors (Lipinski definition) is 1. The smallest absolute Gasteiger partial charge is 0.0737 e. The van der Waals surface area contributed by atoms with Gasteiger partial charge in [-0.1, -0.05) is 11.6 Å². The molecule has 0 bridgehead atoms. The molecule has 0 radical (unpaired) electrons. The highest BCUT2D eigenvalue weighted by Crippen LogP contribution is 2.15. The summed E-state index contributed by atoms with van der Waals surface area (Å²) in [5.74, 6) is 0.374. The molecule has 0 aliphatic carbocycles. The van der Waals surface area contributed by atoms with Crippen molar-refractivity contribution in [1.29, 1.82) is 0 Å². The number of halogens is 2. The number of rotatable bonds is 1. The van der Waals surface area contributed by atoms with Crippen LogP contribution in [0.25, 0.3) is 0 Å². The predicted molar refractivity (Wildman–Crippen MR) is 43.5 cm³/mol. The molecule has 0 saturated carbocycles. The van der Waals surface area contributed by atoms with Crippen LogP contribution in [0.4, 0.5) is 0 Å². The number of aryl methyl sites for hydroxylation is 1. The average Bonchev–Trinajstić information content (AvgIpc) is 1.88. The fraction of sp³-hybridized carbons (Fsp3) is 0.286. The Morgan fingerprint density at radius 2 is 2.30 bits per heavy atom. The van der Waals surface area contributed by atoms with Crippen LogP contribution in [0.2, 0.25) is 5.02 Å². The lowest BCUT2D eigenvalue weighted by atomic mass is 10.3. The largest absolute Gasteiger partial charge is 0.258 e. The fourth-order valence-electron chi connectivity index (χ4n) is 0.660. The zero-order valence-corrected chi connectivity index (χ0v) is 7.08. The summed E-state index contributed by atoms with van der Waals surface area (Å²) < 4.78 is 0. The quantitative estimate of drug-likeness (QED) is 0.599. The van der Waals surface area contributed by atoms with Crippen molar-refractivity contribution in [2.24, 2.45) is 0 Å². The second-order valence-electron chi connectivity index (χ2n) is 2.07. The van der Waals surface area contributed by atoms with Gasteiger partial charge in [-0.3, -0.25) is 4.98 Å². The second-order valence-corrected chi connectivity index (χ2v) is 2.75. The summed E-state index contributed by atoms with van der Waals surface area (Å²) in [5, 5.41) is 0.648. The number of aromatic nitrogens is 1. The predicted octanol–water partition coefficient (Wildman–Crippen LogP) is 2.78. The lowest BCUT2D eigenvalue weighted by Gasteiger charge is -1.97. The Kier molecular flexibility index (Phi) is 2.52. The molecule has 0 unspecified atom stereocenters. The molecule has 10 heavy (non-hydrogen) atoms. The zero-order chi connectivity index (χ0) is 7.56. The van der Waals surface area contributed by atoms with Gasteiger partial charge in [0.05, 0.1) is 16.6 Å². The topological polar surface area (TPSA) is 12.9 Å². The Morgan fingerprint density at radius 3 is 2.80 bits per heavy atom. The molecule has 0 aliphatic rings. The number of hydrogen-bond donors (Lipinski definition) is 0. The van der Waals surface area contributed by atoms with Crippen LogP contribution < -0.4 is 0 Å². The molecule has 1 aromatic heterocycles. The van der Waals surface area contributed by atoms with Crippen LogP contribution in [0.3, 0.4) is 0 Å². The number of pyridine rings is 1. The van der Waals surface area contributed by atoms with E-state index in [-0.39, 0.29) is 0 Å². The van der Waals surface area contributed by atoms with Crippen LogP contribution in [-0.4, -0.2) is 4.98 Å². The highest BCUT2D eigenvalue weighted by molar-refractivity contribution is 6.32. The molecular weight excluding hydrogens is 169 g/mol. The minimum Gasteiger partial charge on any atom is -0.258 e. The minimum absolute atomic E-state index is 0.374. The minimum atomic E-state index is 0.374. The first-order valence-electron chi connectivity index (χ1n) is 2.91. The zero-order valence-electron chi connectivity index (χ0n) is 5.56. The lowest BCUT2D eigenvalue weighted by molar-refractivity contribution is 1.15. The first kappa shape index (κ1) is 7.83. The van der Waals surface area contributed by atoms with Crippen molar-refractivity contribution in [2.75, 3.05) is 0 Å². The Labute approximate surface area is 70.0 Å². The van der Waals surface area contributed by atoms with Gasteiger partial charge in [-0.15, -0.1) is 11.6 Å². The Balaban J connectivity index is 3.07. The van der Waals surface area contributed by atoms with E-state index in [0.29, 0.717) is 10.9 Å². The molecule has 0 aliphatic heterocycles. The molecular formula is C7H7Cl2N. The summed E-state index contributed by atoms with van der Waals surface area (Å²) in [5.41, 5.74) is 1.80. The van der Waals surface area contributed by atoms with Crippen molar-refractivity contribution in [1.82, 2.24) is 4.98 Å². The monoisotopic (exact) mass is 175 g/mol. The van der Waals surface area contributed by atoms with Crippen molar-refractivity contribution >= 4 is 23.2 Å². The van der Waals surface area contributed by atoms with Crippen molar-refractivity contribution in [3.63, 3.8) is 0 Å². The number of alkyl halides is 1. The third kappa shape index (κ3) is 1.61. The van der Waals surface area contributed by atoms with Crippen LogP contribution >= 0.6 is 23.2 Å². The molecule has 54 valence electrons. The lowest BCUT2D eigenvalue weighted by Crippen LogP contribution is -1.86. The third-order valence-corrected chi connectivity index (χ3v) is 1.76. The molecule has 0 fully saturated rings. The van der Waals surface area contributed by atoms with Gasteiger partial charge in [0.15, 0.2) is 0 Å². The van der Waals surface area contributed by atoms with Crippen LogP contribution in [0, 0.1) is 6.92 Å². The fourth-order valence-corrected chi connectivity index (χ4v) is 1.23. The van der Waals surface area contributed by atoms with Gasteiger partial charge in [0.25, 0.3) is 0 Å². The van der Waals surface area contributed by atoms with Gasteiger partial charge in [-0.2, -0.15) is 0 Å². The van der Waals surface area contributed by atoms with E-state index in [1.165, 1.54) is 0 Å². The van der Waals surface area contributed by atoms with E-state index in [2.05, 4.69) is 4.98 Å². The Morgan fingerprint density at radius 1 is 1.60 bits per heavy atom. The van der Waals surface area contributed by atoms with E-state index >= 15 is 0 Å². The highest BCUT2D eigenvalue weighted by Gasteiger charge is 1.98. The molecule has 0 atom stereocenters. The summed E-state index contributed by atoms with van der Waals surface area (Å²) in [6.07, 6.45) is 1.75. The molecule has 0 spiro atoms. The van der Waals surface area contributed by atoms with Crippen LogP contribution in [-0.2, 0) is 5.88 Å². The third-order valence-electron chi connectivity index (χ3n) is 1.18. The molecule has 1 heterocycles. The maximum Gasteiger partial charge on any atom is 0.0737 e. The highest BCUT2D eigenvalue weighted by atomic mass is 35.5. The maximum absolute atomic E-state index is 5.78. The summed E-state index contributed by atoms with van der Waals surface area (Å²) in [6, 6.07) is 1.85. The van der Waals surface area contributed by atoms with Gasteiger partial charge < -0.3 is 0 Å². The molecule has 0 aromatic carbocycles. The normalized spacial score (nSPS) is 9.90. The van der Waals surface area contributed by atoms with Crippen molar-refractivity contribution in [3.8, 4) is 0 Å². The molecule has 1 aromatic rings. The molecule has 0 N–H and O–H groups in total. The van der Waals surface area contributed by atoms with Crippen molar-refractivity contribution in [3.05, 3.63) is 28.5 Å². The van der Waals surface area contributed by atoms with Gasteiger partial charge in [0.2, 0.25) is 0 Å². The molecule has 1 rings (SSSR count). The standard InChI is InChI=1S/C7H7Cl2N/c1-5-2-6(9)7(3-8)10-4-5/h2,4H,3H2,1H3. The molecule has 0 amide bonds. The van der Waals surface area contributed by atoms with Crippen molar-refractivity contribution < 1.29 is 0 Å². The first-order chi connectivity index (χ1) is 4.74. The van der Waals surface area contributed by atoms with Gasteiger partial charge >= 0.3 is 0 Å². The SMILES string of the molecule is Cc1cnc(CCl)c(Cl)c1. The second kappa shape index (κ2) is 3.22. The van der Waals surface area contributed by atoms with Gasteiger partial charge in [0, 0.05) is 6.20 Å². The van der Waals surface area contributed by atoms with E-state index in [1.807, 2.05) is 13.0 Å². The average molecular weight is 176 g/mol. The molecule has 0 saturated heterocycles. The van der Waals surface area contributed by atoms with E-state index in [1.54, 1.807) is 6.20 Å². The Bertz CT molecular complexity index is 235. The Hall–Kier alpha value is -0.270. The molecule has 3 heteroatoms. The summed E-state index contributed by atoms with van der Waals surface area (Å²) >= 11 is 11.3. The summed E-state index contributed by atoms with van der Waals surface area (Å²) in [6.45, 7) is 1.94. The van der Waals surface area contributed by atoms with Crippen LogP contribution in [0.5, 0.6) is 0 Å². The number of nitrogens with zero attached hydrogens (tertiary/aromatic N) is 1. The van der Waals surface area contributed by atoms with Gasteiger partial charge in [-0.25, -0.2) is 0 Å².